The van der Waals surface area contributed by atoms with Crippen molar-refractivity contribution in [2.45, 2.75) is 9.79 Å². The summed E-state index contributed by atoms with van der Waals surface area (Å²) in [5.74, 6) is 2.47. The summed E-state index contributed by atoms with van der Waals surface area (Å²) in [7, 11) is 0. The van der Waals surface area contributed by atoms with E-state index in [4.69, 9.17) is 6.42 Å². The zero-order valence-electron chi connectivity index (χ0n) is 7.05. The minimum atomic E-state index is 0.914. The Hall–Kier alpha value is -0.520. The molecule has 0 heterocycles. The van der Waals surface area contributed by atoms with Gasteiger partial charge in [-0.1, -0.05) is 12.0 Å². The third-order valence-corrected chi connectivity index (χ3v) is 3.11. The second-order valence-corrected chi connectivity index (χ2v) is 3.86. The van der Waals surface area contributed by atoms with Crippen LogP contribution < -0.4 is 0 Å². The highest BCUT2D eigenvalue weighted by molar-refractivity contribution is 7.99. The Labute approximate surface area is 82.1 Å². The first-order valence-electron chi connectivity index (χ1n) is 3.47. The predicted octanol–water partition coefficient (Wildman–Crippen LogP) is 3.07. The van der Waals surface area contributed by atoms with Gasteiger partial charge in [-0.3, -0.25) is 0 Å². The SMILES string of the molecule is [C]#Cc1c(SC)cccc1SC. The molecule has 0 unspecified atom stereocenters. The van der Waals surface area contributed by atoms with Crippen LogP contribution in [0.2, 0.25) is 0 Å². The number of benzene rings is 1. The van der Waals surface area contributed by atoms with Gasteiger partial charge in [0.25, 0.3) is 0 Å². The van der Waals surface area contributed by atoms with Crippen molar-refractivity contribution in [3.8, 4) is 5.92 Å². The molecule has 0 aliphatic heterocycles. The lowest BCUT2D eigenvalue weighted by Crippen LogP contribution is -1.83. The molecule has 0 amide bonds. The van der Waals surface area contributed by atoms with Gasteiger partial charge < -0.3 is 0 Å². The first kappa shape index (κ1) is 9.57. The molecule has 0 fully saturated rings. The van der Waals surface area contributed by atoms with Gasteiger partial charge in [-0.05, 0) is 31.1 Å². The van der Waals surface area contributed by atoms with Crippen molar-refractivity contribution >= 4 is 23.5 Å². The average Bonchev–Trinajstić information content (AvgIpc) is 2.16. The Morgan fingerprint density at radius 2 is 1.67 bits per heavy atom. The first-order valence-corrected chi connectivity index (χ1v) is 5.92. The number of hydrogen-bond donors (Lipinski definition) is 0. The van der Waals surface area contributed by atoms with Gasteiger partial charge in [0.15, 0.2) is 0 Å². The zero-order chi connectivity index (χ0) is 8.97. The molecule has 0 aliphatic rings. The molecule has 1 rings (SSSR count). The fraction of sp³-hybridized carbons (Fsp3) is 0.200. The summed E-state index contributed by atoms with van der Waals surface area (Å²) in [5.41, 5.74) is 0.914. The molecular weight excluding hydrogens is 184 g/mol. The van der Waals surface area contributed by atoms with Crippen molar-refractivity contribution in [3.63, 3.8) is 0 Å². The topological polar surface area (TPSA) is 0 Å². The molecule has 61 valence electrons. The Kier molecular flexibility index (Phi) is 3.58. The van der Waals surface area contributed by atoms with Gasteiger partial charge in [0.2, 0.25) is 0 Å². The molecule has 1 radical (unpaired) electrons. The van der Waals surface area contributed by atoms with Crippen LogP contribution in [0.15, 0.2) is 28.0 Å². The van der Waals surface area contributed by atoms with Gasteiger partial charge in [0, 0.05) is 9.79 Å². The van der Waals surface area contributed by atoms with Crippen LogP contribution in [0.4, 0.5) is 0 Å². The Morgan fingerprint density at radius 3 is 2.00 bits per heavy atom. The third kappa shape index (κ3) is 1.80. The third-order valence-electron chi connectivity index (χ3n) is 1.55. The van der Waals surface area contributed by atoms with Gasteiger partial charge in [-0.15, -0.1) is 23.5 Å². The van der Waals surface area contributed by atoms with E-state index in [2.05, 4.69) is 5.92 Å². The molecular formula is C10H9S2. The van der Waals surface area contributed by atoms with Crippen molar-refractivity contribution in [2.24, 2.45) is 0 Å². The lowest BCUT2D eigenvalue weighted by molar-refractivity contribution is 1.29. The molecule has 0 N–H and O–H groups in total. The van der Waals surface area contributed by atoms with E-state index in [1.165, 1.54) is 0 Å². The summed E-state index contributed by atoms with van der Waals surface area (Å²) in [6.07, 6.45) is 11.2. The van der Waals surface area contributed by atoms with Gasteiger partial charge in [-0.25, -0.2) is 0 Å². The molecule has 12 heavy (non-hydrogen) atoms. The maximum atomic E-state index is 7.16. The smallest absolute Gasteiger partial charge is 0.0527 e. The first-order chi connectivity index (χ1) is 5.83. The maximum absolute atomic E-state index is 7.16. The van der Waals surface area contributed by atoms with Crippen LogP contribution in [0, 0.1) is 12.3 Å². The van der Waals surface area contributed by atoms with Crippen molar-refractivity contribution in [1.82, 2.24) is 0 Å². The zero-order valence-corrected chi connectivity index (χ0v) is 8.68. The molecule has 0 atom stereocenters. The van der Waals surface area contributed by atoms with Crippen molar-refractivity contribution in [3.05, 3.63) is 30.2 Å². The van der Waals surface area contributed by atoms with E-state index < -0.39 is 0 Å². The largest absolute Gasteiger partial charge is 0.128 e. The summed E-state index contributed by atoms with van der Waals surface area (Å²) in [4.78, 5) is 2.24. The molecule has 2 heteroatoms. The minimum Gasteiger partial charge on any atom is -0.128 e. The van der Waals surface area contributed by atoms with E-state index in [1.54, 1.807) is 23.5 Å². The molecule has 1 aromatic carbocycles. The summed E-state index contributed by atoms with van der Waals surface area (Å²) in [6.45, 7) is 0. The van der Waals surface area contributed by atoms with E-state index in [-0.39, 0.29) is 0 Å². The highest BCUT2D eigenvalue weighted by Crippen LogP contribution is 2.27. The van der Waals surface area contributed by atoms with Crippen LogP contribution in [-0.4, -0.2) is 12.5 Å². The fourth-order valence-electron chi connectivity index (χ4n) is 0.974. The van der Waals surface area contributed by atoms with Crippen LogP contribution in [0.5, 0.6) is 0 Å². The number of rotatable bonds is 2. The van der Waals surface area contributed by atoms with Crippen LogP contribution in [-0.2, 0) is 0 Å². The Bertz CT molecular complexity index is 288. The Morgan fingerprint density at radius 1 is 1.17 bits per heavy atom. The molecule has 0 aromatic heterocycles. The van der Waals surface area contributed by atoms with E-state index in [9.17, 15) is 0 Å². The molecule has 0 spiro atoms. The van der Waals surface area contributed by atoms with Crippen LogP contribution in [0.1, 0.15) is 5.56 Å². The minimum absolute atomic E-state index is 0.914. The van der Waals surface area contributed by atoms with Crippen LogP contribution in [0.3, 0.4) is 0 Å². The summed E-state index contributed by atoms with van der Waals surface area (Å²) >= 11 is 3.31. The van der Waals surface area contributed by atoms with Gasteiger partial charge in [0.1, 0.15) is 0 Å². The van der Waals surface area contributed by atoms with Gasteiger partial charge >= 0.3 is 0 Å². The molecule has 0 bridgehead atoms. The fourth-order valence-corrected chi connectivity index (χ4v) is 2.20. The quantitative estimate of drug-likeness (QED) is 0.523. The van der Waals surface area contributed by atoms with E-state index in [1.807, 2.05) is 30.7 Å². The second-order valence-electron chi connectivity index (χ2n) is 2.16. The van der Waals surface area contributed by atoms with E-state index in [0.717, 1.165) is 15.4 Å². The number of thioether (sulfide) groups is 2. The lowest BCUT2D eigenvalue weighted by Gasteiger charge is -2.04. The van der Waals surface area contributed by atoms with Crippen LogP contribution in [0.25, 0.3) is 0 Å². The summed E-state index contributed by atoms with van der Waals surface area (Å²) in [6, 6.07) is 6.04. The monoisotopic (exact) mass is 193 g/mol. The molecule has 0 nitrogen and oxygen atoms in total. The van der Waals surface area contributed by atoms with E-state index >= 15 is 0 Å². The van der Waals surface area contributed by atoms with Crippen LogP contribution >= 0.6 is 23.5 Å². The second kappa shape index (κ2) is 4.49. The molecule has 0 saturated carbocycles. The highest BCUT2D eigenvalue weighted by atomic mass is 32.2. The standard InChI is InChI=1S/C10H9S2/c1-4-8-9(11-2)6-5-7-10(8)12-3/h5-7H,2-3H3. The summed E-state index contributed by atoms with van der Waals surface area (Å²) < 4.78 is 0. The highest BCUT2D eigenvalue weighted by Gasteiger charge is 2.03. The van der Waals surface area contributed by atoms with Crippen molar-refractivity contribution in [1.29, 1.82) is 0 Å². The van der Waals surface area contributed by atoms with Crippen molar-refractivity contribution < 1.29 is 0 Å². The normalized spacial score (nSPS) is 9.42. The lowest BCUT2D eigenvalue weighted by atomic mass is 10.2. The van der Waals surface area contributed by atoms with Crippen molar-refractivity contribution in [2.75, 3.05) is 12.5 Å². The molecule has 1 aromatic rings. The van der Waals surface area contributed by atoms with Gasteiger partial charge in [0.05, 0.1) is 5.56 Å². The predicted molar refractivity (Wildman–Crippen MR) is 56.2 cm³/mol. The van der Waals surface area contributed by atoms with Gasteiger partial charge in [-0.2, -0.15) is 0 Å². The number of hydrogen-bond acceptors (Lipinski definition) is 2. The molecule has 0 saturated heterocycles. The average molecular weight is 193 g/mol. The van der Waals surface area contributed by atoms with E-state index in [0.29, 0.717) is 0 Å². The Balaban J connectivity index is 3.25. The summed E-state index contributed by atoms with van der Waals surface area (Å²) in [5, 5.41) is 0. The maximum Gasteiger partial charge on any atom is 0.0527 e. The molecule has 0 aliphatic carbocycles.